The molecule has 1 N–H and O–H groups in total. The fourth-order valence-electron chi connectivity index (χ4n) is 2.93. The number of rotatable bonds is 4. The van der Waals surface area contributed by atoms with Gasteiger partial charge >= 0.3 is 0 Å². The summed E-state index contributed by atoms with van der Waals surface area (Å²) in [5, 5.41) is 3.31. The van der Waals surface area contributed by atoms with E-state index in [-0.39, 0.29) is 30.8 Å². The molecule has 0 spiro atoms. The summed E-state index contributed by atoms with van der Waals surface area (Å²) in [6.45, 7) is 0.0000927. The fraction of sp³-hybridized carbons (Fsp3) is 0.263. The second-order valence-corrected chi connectivity index (χ2v) is 6.52. The zero-order valence-electron chi connectivity index (χ0n) is 14.1. The lowest BCUT2D eigenvalue weighted by molar-refractivity contribution is -0.162. The average molecular weight is 377 g/mol. The first kappa shape index (κ1) is 18.4. The third kappa shape index (κ3) is 4.03. The number of benzene rings is 2. The van der Waals surface area contributed by atoms with Crippen LogP contribution in [-0.2, 0) is 20.9 Å². The molecule has 0 aromatic heterocycles. The minimum atomic E-state index is -0.868. The summed E-state index contributed by atoms with van der Waals surface area (Å²) in [5.41, 5.74) is 1.39. The van der Waals surface area contributed by atoms with Crippen molar-refractivity contribution in [2.24, 2.45) is 0 Å². The van der Waals surface area contributed by atoms with Crippen LogP contribution in [0, 0.1) is 5.82 Å². The number of carbonyl (C=O) groups excluding carboxylic acids is 2. The van der Waals surface area contributed by atoms with Gasteiger partial charge in [0.25, 0.3) is 5.91 Å². The van der Waals surface area contributed by atoms with E-state index in [0.29, 0.717) is 10.6 Å². The second kappa shape index (κ2) is 7.85. The van der Waals surface area contributed by atoms with Gasteiger partial charge in [-0.25, -0.2) is 4.39 Å². The molecule has 7 heteroatoms. The molecule has 1 saturated heterocycles. The first-order chi connectivity index (χ1) is 12.5. The first-order valence-electron chi connectivity index (χ1n) is 8.10. The van der Waals surface area contributed by atoms with Gasteiger partial charge in [0.1, 0.15) is 12.4 Å². The minimum absolute atomic E-state index is 0.168. The van der Waals surface area contributed by atoms with Crippen LogP contribution in [-0.4, -0.2) is 36.5 Å². The summed E-state index contributed by atoms with van der Waals surface area (Å²) < 4.78 is 18.8. The van der Waals surface area contributed by atoms with Gasteiger partial charge < -0.3 is 15.0 Å². The van der Waals surface area contributed by atoms with Crippen LogP contribution in [0.1, 0.15) is 17.2 Å². The summed E-state index contributed by atoms with van der Waals surface area (Å²) in [7, 11) is 1.64. The minimum Gasteiger partial charge on any atom is -0.356 e. The Morgan fingerprint density at radius 3 is 2.73 bits per heavy atom. The zero-order valence-corrected chi connectivity index (χ0v) is 14.9. The normalized spacial score (nSPS) is 20.1. The van der Waals surface area contributed by atoms with E-state index >= 15 is 0 Å². The molecule has 3 rings (SSSR count). The molecule has 2 amide bonds. The van der Waals surface area contributed by atoms with E-state index in [1.165, 1.54) is 17.0 Å². The number of likely N-dealkylation sites (N-methyl/N-ethyl adjacent to an activating group) is 1. The Labute approximate surface area is 155 Å². The predicted molar refractivity (Wildman–Crippen MR) is 94.9 cm³/mol. The maximum Gasteiger partial charge on any atom is 0.251 e. The highest BCUT2D eigenvalue weighted by Crippen LogP contribution is 2.30. The lowest BCUT2D eigenvalue weighted by Gasteiger charge is -2.38. The number of ether oxygens (including phenoxy) is 1. The van der Waals surface area contributed by atoms with Crippen molar-refractivity contribution in [1.82, 2.24) is 10.2 Å². The summed E-state index contributed by atoms with van der Waals surface area (Å²) in [4.78, 5) is 26.2. The first-order valence-corrected chi connectivity index (χ1v) is 8.48. The summed E-state index contributed by atoms with van der Waals surface area (Å²) >= 11 is 5.92. The number of carbonyl (C=O) groups is 2. The Morgan fingerprint density at radius 2 is 2.04 bits per heavy atom. The Kier molecular flexibility index (Phi) is 5.54. The van der Waals surface area contributed by atoms with Gasteiger partial charge in [-0.3, -0.25) is 9.59 Å². The number of hydrogen-bond acceptors (Lipinski definition) is 3. The molecule has 2 atom stereocenters. The van der Waals surface area contributed by atoms with Crippen molar-refractivity contribution < 1.29 is 18.7 Å². The van der Waals surface area contributed by atoms with Gasteiger partial charge in [-0.2, -0.15) is 0 Å². The Hall–Kier alpha value is -2.44. The number of nitrogens with one attached hydrogen (secondary N) is 1. The average Bonchev–Trinajstić information content (AvgIpc) is 2.63. The van der Waals surface area contributed by atoms with Crippen LogP contribution in [0.2, 0.25) is 5.02 Å². The van der Waals surface area contributed by atoms with Crippen molar-refractivity contribution in [3.63, 3.8) is 0 Å². The van der Waals surface area contributed by atoms with E-state index in [1.54, 1.807) is 43.4 Å². The van der Waals surface area contributed by atoms with Crippen molar-refractivity contribution in [3.8, 4) is 0 Å². The molecule has 1 heterocycles. The van der Waals surface area contributed by atoms with Crippen molar-refractivity contribution in [1.29, 1.82) is 0 Å². The highest BCUT2D eigenvalue weighted by molar-refractivity contribution is 6.30. The van der Waals surface area contributed by atoms with Crippen LogP contribution in [0.4, 0.5) is 4.39 Å². The van der Waals surface area contributed by atoms with Gasteiger partial charge in [0.2, 0.25) is 5.91 Å². The molecular formula is C19H18ClFN2O3. The number of morpholine rings is 1. The molecule has 1 aliphatic rings. The van der Waals surface area contributed by atoms with Gasteiger partial charge in [0, 0.05) is 18.6 Å². The summed E-state index contributed by atoms with van der Waals surface area (Å²) in [6.07, 6.45) is -0.868. The third-order valence-corrected chi connectivity index (χ3v) is 4.56. The lowest BCUT2D eigenvalue weighted by atomic mass is 9.97. The van der Waals surface area contributed by atoms with Crippen LogP contribution in [0.5, 0.6) is 0 Å². The Morgan fingerprint density at radius 1 is 1.31 bits per heavy atom. The highest BCUT2D eigenvalue weighted by atomic mass is 35.5. The van der Waals surface area contributed by atoms with Gasteiger partial charge in [0.15, 0.2) is 6.10 Å². The Balaban J connectivity index is 1.77. The molecule has 1 fully saturated rings. The molecule has 0 saturated carbocycles. The number of halogens is 2. The molecule has 0 bridgehead atoms. The number of nitrogens with zero attached hydrogens (tertiary/aromatic N) is 1. The summed E-state index contributed by atoms with van der Waals surface area (Å²) in [5.74, 6) is -0.942. The molecule has 5 nitrogen and oxygen atoms in total. The topological polar surface area (TPSA) is 58.6 Å². The molecule has 2 aromatic carbocycles. The van der Waals surface area contributed by atoms with Crippen LogP contribution in [0.15, 0.2) is 48.5 Å². The monoisotopic (exact) mass is 376 g/mol. The fourth-order valence-corrected chi connectivity index (χ4v) is 3.05. The van der Waals surface area contributed by atoms with Crippen molar-refractivity contribution in [2.75, 3.05) is 13.7 Å². The van der Waals surface area contributed by atoms with Crippen LogP contribution >= 0.6 is 11.6 Å². The summed E-state index contributed by atoms with van der Waals surface area (Å²) in [6, 6.07) is 12.4. The van der Waals surface area contributed by atoms with E-state index in [2.05, 4.69) is 5.32 Å². The van der Waals surface area contributed by atoms with Gasteiger partial charge in [-0.15, -0.1) is 0 Å². The molecular weight excluding hydrogens is 359 g/mol. The number of amides is 2. The van der Waals surface area contributed by atoms with Crippen molar-refractivity contribution in [2.45, 2.75) is 18.7 Å². The van der Waals surface area contributed by atoms with E-state index in [4.69, 9.17) is 16.3 Å². The van der Waals surface area contributed by atoms with Crippen molar-refractivity contribution in [3.05, 3.63) is 70.5 Å². The third-order valence-electron chi connectivity index (χ3n) is 4.31. The van der Waals surface area contributed by atoms with E-state index in [0.717, 1.165) is 5.56 Å². The smallest absolute Gasteiger partial charge is 0.251 e. The maximum absolute atomic E-state index is 13.3. The van der Waals surface area contributed by atoms with Gasteiger partial charge in [0.05, 0.1) is 6.04 Å². The van der Waals surface area contributed by atoms with E-state index < -0.39 is 12.1 Å². The zero-order chi connectivity index (χ0) is 18.7. The molecule has 1 aliphatic heterocycles. The molecule has 0 radical (unpaired) electrons. The van der Waals surface area contributed by atoms with Crippen LogP contribution in [0.3, 0.4) is 0 Å². The molecule has 2 unspecified atom stereocenters. The second-order valence-electron chi connectivity index (χ2n) is 6.08. The van der Waals surface area contributed by atoms with Crippen LogP contribution in [0.25, 0.3) is 0 Å². The SMILES string of the molecule is CN1C(=O)COC(C(=O)NCc2cccc(F)c2)C1c1ccc(Cl)cc1. The molecule has 26 heavy (non-hydrogen) atoms. The van der Waals surface area contributed by atoms with Crippen molar-refractivity contribution >= 4 is 23.4 Å². The van der Waals surface area contributed by atoms with E-state index in [1.807, 2.05) is 0 Å². The van der Waals surface area contributed by atoms with Gasteiger partial charge in [-0.1, -0.05) is 35.9 Å². The lowest BCUT2D eigenvalue weighted by Crippen LogP contribution is -2.52. The number of hydrogen-bond donors (Lipinski definition) is 1. The Bertz CT molecular complexity index is 813. The molecule has 2 aromatic rings. The largest absolute Gasteiger partial charge is 0.356 e. The quantitative estimate of drug-likeness (QED) is 0.892. The van der Waals surface area contributed by atoms with Gasteiger partial charge in [-0.05, 0) is 35.4 Å². The highest BCUT2D eigenvalue weighted by Gasteiger charge is 2.39. The standard InChI is InChI=1S/C19H18ClFN2O3/c1-23-16(24)11-26-18(17(23)13-5-7-14(20)8-6-13)19(25)22-10-12-3-2-4-15(21)9-12/h2-9,17-18H,10-11H2,1H3,(H,22,25). The van der Waals surface area contributed by atoms with Crippen LogP contribution < -0.4 is 5.32 Å². The van der Waals surface area contributed by atoms with E-state index in [9.17, 15) is 14.0 Å². The maximum atomic E-state index is 13.3. The predicted octanol–water partition coefficient (Wildman–Crippen LogP) is 2.69. The molecule has 136 valence electrons. The molecule has 0 aliphatic carbocycles.